The normalized spacial score (nSPS) is 19.1. The number of nitro benzene ring substituents is 1. The summed E-state index contributed by atoms with van der Waals surface area (Å²) in [7, 11) is 0. The van der Waals surface area contributed by atoms with Crippen LogP contribution < -0.4 is 5.32 Å². The molecule has 0 aromatic heterocycles. The van der Waals surface area contributed by atoms with E-state index in [2.05, 4.69) is 19.2 Å². The maximum Gasteiger partial charge on any atom is 0.269 e. The van der Waals surface area contributed by atoms with E-state index in [0.29, 0.717) is 6.54 Å². The zero-order chi connectivity index (χ0) is 15.6. The van der Waals surface area contributed by atoms with Crippen molar-refractivity contribution in [1.82, 2.24) is 10.2 Å². The van der Waals surface area contributed by atoms with Gasteiger partial charge in [0.2, 0.25) is 5.91 Å². The van der Waals surface area contributed by atoms with E-state index in [-0.39, 0.29) is 29.1 Å². The lowest BCUT2D eigenvalue weighted by Crippen LogP contribution is -2.40. The van der Waals surface area contributed by atoms with Crippen molar-refractivity contribution >= 4 is 23.4 Å². The van der Waals surface area contributed by atoms with Gasteiger partial charge in [-0.05, 0) is 25.7 Å². The van der Waals surface area contributed by atoms with E-state index in [1.54, 1.807) is 22.7 Å². The van der Waals surface area contributed by atoms with Gasteiger partial charge in [-0.25, -0.2) is 0 Å². The molecule has 21 heavy (non-hydrogen) atoms. The Kier molecular flexibility index (Phi) is 4.53. The zero-order valence-electron chi connectivity index (χ0n) is 12.3. The smallest absolute Gasteiger partial charge is 0.269 e. The third kappa shape index (κ3) is 3.54. The minimum atomic E-state index is -0.420. The summed E-state index contributed by atoms with van der Waals surface area (Å²) in [4.78, 5) is 24.3. The van der Waals surface area contributed by atoms with Crippen LogP contribution in [0, 0.1) is 10.1 Å². The monoisotopic (exact) mass is 309 g/mol. The number of carbonyl (C=O) groups excluding carboxylic acids is 1. The summed E-state index contributed by atoms with van der Waals surface area (Å²) < 4.78 is -0.0688. The summed E-state index contributed by atoms with van der Waals surface area (Å²) >= 11 is 1.69. The van der Waals surface area contributed by atoms with Crippen LogP contribution in [0.2, 0.25) is 0 Å². The molecule has 1 aliphatic heterocycles. The number of rotatable bonds is 5. The molecule has 114 valence electrons. The lowest BCUT2D eigenvalue weighted by atomic mass is 10.1. The highest BCUT2D eigenvalue weighted by Gasteiger charge is 2.35. The molecule has 0 saturated carbocycles. The van der Waals surface area contributed by atoms with Gasteiger partial charge in [0.05, 0.1) is 11.5 Å². The number of amides is 1. The van der Waals surface area contributed by atoms with Gasteiger partial charge in [0.25, 0.3) is 5.69 Å². The molecule has 1 aromatic rings. The molecular weight excluding hydrogens is 290 g/mol. The molecule has 1 N–H and O–H groups in total. The van der Waals surface area contributed by atoms with Gasteiger partial charge >= 0.3 is 0 Å². The van der Waals surface area contributed by atoms with Crippen LogP contribution in [0.25, 0.3) is 0 Å². The molecule has 0 spiro atoms. The fourth-order valence-corrected chi connectivity index (χ4v) is 2.57. The minimum Gasteiger partial charge on any atom is -0.320 e. The van der Waals surface area contributed by atoms with Crippen molar-refractivity contribution in [1.29, 1.82) is 0 Å². The van der Waals surface area contributed by atoms with Gasteiger partial charge in [-0.1, -0.05) is 12.1 Å². The number of non-ortho nitro benzene ring substituents is 1. The fraction of sp³-hybridized carbons (Fsp3) is 0.500. The highest BCUT2D eigenvalue weighted by atomic mass is 32.2. The molecule has 7 heteroatoms. The molecule has 1 amide bonds. The zero-order valence-corrected chi connectivity index (χ0v) is 13.1. The second kappa shape index (κ2) is 6.03. The Morgan fingerprint density at radius 2 is 2.24 bits per heavy atom. The Morgan fingerprint density at radius 1 is 1.52 bits per heavy atom. The summed E-state index contributed by atoms with van der Waals surface area (Å²) in [5.41, 5.74) is 0.782. The topological polar surface area (TPSA) is 75.5 Å². The Morgan fingerprint density at radius 3 is 2.86 bits per heavy atom. The first-order valence-electron chi connectivity index (χ1n) is 6.66. The van der Waals surface area contributed by atoms with Crippen molar-refractivity contribution < 1.29 is 9.72 Å². The summed E-state index contributed by atoms with van der Waals surface area (Å²) in [6.45, 7) is 5.01. The Labute approximate surface area is 128 Å². The molecule has 0 aliphatic carbocycles. The Hall–Kier alpha value is -1.60. The van der Waals surface area contributed by atoms with Crippen LogP contribution in [-0.4, -0.2) is 39.8 Å². The third-order valence-electron chi connectivity index (χ3n) is 3.58. The van der Waals surface area contributed by atoms with Crippen molar-refractivity contribution in [2.75, 3.05) is 19.3 Å². The van der Waals surface area contributed by atoms with E-state index >= 15 is 0 Å². The van der Waals surface area contributed by atoms with Crippen molar-refractivity contribution in [2.24, 2.45) is 0 Å². The average molecular weight is 309 g/mol. The second-order valence-electron chi connectivity index (χ2n) is 5.62. The maximum atomic E-state index is 12.1. The highest BCUT2D eigenvalue weighted by molar-refractivity contribution is 7.99. The lowest BCUT2D eigenvalue weighted by Gasteiger charge is -2.32. The molecule has 6 nitrogen and oxygen atoms in total. The van der Waals surface area contributed by atoms with E-state index < -0.39 is 4.92 Å². The number of hydrogen-bond acceptors (Lipinski definition) is 5. The molecule has 1 unspecified atom stereocenters. The molecule has 1 atom stereocenters. The van der Waals surface area contributed by atoms with Crippen LogP contribution >= 0.6 is 11.8 Å². The van der Waals surface area contributed by atoms with Gasteiger partial charge in [0.15, 0.2) is 0 Å². The van der Waals surface area contributed by atoms with Crippen LogP contribution in [0.3, 0.4) is 0 Å². The molecule has 0 radical (unpaired) electrons. The van der Waals surface area contributed by atoms with Crippen molar-refractivity contribution in [3.8, 4) is 0 Å². The van der Waals surface area contributed by atoms with E-state index in [0.717, 1.165) is 5.56 Å². The summed E-state index contributed by atoms with van der Waals surface area (Å²) in [6, 6.07) is 6.43. The van der Waals surface area contributed by atoms with Gasteiger partial charge in [-0.2, -0.15) is 11.8 Å². The number of nitrogens with one attached hydrogen (secondary N) is 1. The molecule has 1 aromatic carbocycles. The van der Waals surface area contributed by atoms with Gasteiger partial charge in [0, 0.05) is 23.4 Å². The first kappa shape index (κ1) is 15.8. The second-order valence-corrected chi connectivity index (χ2v) is 7.13. The SMILES string of the molecule is CSC(C)(C)CN1C(=O)CNC1c1cccc([N+](=O)[O-])c1. The molecule has 1 aliphatic rings. The van der Waals surface area contributed by atoms with Gasteiger partial charge in [-0.3, -0.25) is 20.2 Å². The van der Waals surface area contributed by atoms with Crippen LogP contribution in [0.4, 0.5) is 5.69 Å². The van der Waals surface area contributed by atoms with Crippen molar-refractivity contribution in [3.63, 3.8) is 0 Å². The number of nitro groups is 1. The van der Waals surface area contributed by atoms with E-state index in [1.165, 1.54) is 12.1 Å². The standard InChI is InChI=1S/C14H19N3O3S/c1-14(2,21-3)9-16-12(18)8-15-13(16)10-5-4-6-11(7-10)17(19)20/h4-7,13,15H,8-9H2,1-3H3. The highest BCUT2D eigenvalue weighted by Crippen LogP contribution is 2.30. The first-order valence-corrected chi connectivity index (χ1v) is 7.89. The summed E-state index contributed by atoms with van der Waals surface area (Å²) in [5.74, 6) is 0.0219. The van der Waals surface area contributed by atoms with Crippen LogP contribution in [0.15, 0.2) is 24.3 Å². The van der Waals surface area contributed by atoms with Crippen molar-refractivity contribution in [3.05, 3.63) is 39.9 Å². The largest absolute Gasteiger partial charge is 0.320 e. The molecule has 1 saturated heterocycles. The average Bonchev–Trinajstić information content (AvgIpc) is 2.80. The number of nitrogens with zero attached hydrogens (tertiary/aromatic N) is 2. The maximum absolute atomic E-state index is 12.1. The number of hydrogen-bond donors (Lipinski definition) is 1. The van der Waals surface area contributed by atoms with E-state index in [9.17, 15) is 14.9 Å². The molecule has 1 fully saturated rings. The molecule has 2 rings (SSSR count). The van der Waals surface area contributed by atoms with Crippen LogP contribution in [-0.2, 0) is 4.79 Å². The number of benzene rings is 1. The lowest BCUT2D eigenvalue weighted by molar-refractivity contribution is -0.385. The van der Waals surface area contributed by atoms with E-state index in [1.807, 2.05) is 12.3 Å². The molecule has 0 bridgehead atoms. The molecule has 1 heterocycles. The Bertz CT molecular complexity index is 562. The van der Waals surface area contributed by atoms with Crippen LogP contribution in [0.5, 0.6) is 0 Å². The third-order valence-corrected chi connectivity index (χ3v) is 4.81. The predicted molar refractivity (Wildman–Crippen MR) is 83.1 cm³/mol. The first-order chi connectivity index (χ1) is 9.84. The van der Waals surface area contributed by atoms with Crippen molar-refractivity contribution in [2.45, 2.75) is 24.8 Å². The van der Waals surface area contributed by atoms with Gasteiger partial charge < -0.3 is 4.90 Å². The minimum absolute atomic E-state index is 0.0219. The predicted octanol–water partition coefficient (Wildman–Crippen LogP) is 2.17. The van der Waals surface area contributed by atoms with E-state index in [4.69, 9.17) is 0 Å². The van der Waals surface area contributed by atoms with Gasteiger partial charge in [0.1, 0.15) is 6.17 Å². The Balaban J connectivity index is 2.27. The van der Waals surface area contributed by atoms with Gasteiger partial charge in [-0.15, -0.1) is 0 Å². The fourth-order valence-electron chi connectivity index (χ4n) is 2.30. The summed E-state index contributed by atoms with van der Waals surface area (Å²) in [5, 5.41) is 14.0. The van der Waals surface area contributed by atoms with Crippen LogP contribution in [0.1, 0.15) is 25.6 Å². The molecular formula is C14H19N3O3S. The summed E-state index contributed by atoms with van der Waals surface area (Å²) in [6.07, 6.45) is 1.71. The number of thioether (sulfide) groups is 1. The number of carbonyl (C=O) groups is 1. The quantitative estimate of drug-likeness (QED) is 0.666.